The van der Waals surface area contributed by atoms with E-state index in [1.54, 1.807) is 14.1 Å². The van der Waals surface area contributed by atoms with Gasteiger partial charge in [-0.2, -0.15) is 5.10 Å². The minimum atomic E-state index is 0.00583. The van der Waals surface area contributed by atoms with Gasteiger partial charge in [-0.15, -0.1) is 0 Å². The predicted molar refractivity (Wildman–Crippen MR) is 68.9 cm³/mol. The molecule has 0 saturated carbocycles. The number of aromatic nitrogens is 2. The van der Waals surface area contributed by atoms with Gasteiger partial charge in [0.15, 0.2) is 0 Å². The van der Waals surface area contributed by atoms with Crippen LogP contribution in [-0.2, 0) is 11.3 Å². The first-order chi connectivity index (χ1) is 7.97. The molecule has 6 nitrogen and oxygen atoms in total. The Kier molecular flexibility index (Phi) is 4.37. The van der Waals surface area contributed by atoms with Crippen molar-refractivity contribution in [2.24, 2.45) is 0 Å². The van der Waals surface area contributed by atoms with Gasteiger partial charge in [0.2, 0.25) is 5.91 Å². The second kappa shape index (κ2) is 5.56. The Labute approximate surface area is 102 Å². The van der Waals surface area contributed by atoms with Crippen LogP contribution >= 0.6 is 0 Å². The molecule has 0 aliphatic heterocycles. The van der Waals surface area contributed by atoms with Crippen LogP contribution < -0.4 is 11.1 Å². The van der Waals surface area contributed by atoms with Gasteiger partial charge in [0, 0.05) is 20.6 Å². The normalized spacial score (nSPS) is 10.4. The number of nitrogen functional groups attached to an aromatic ring is 1. The van der Waals surface area contributed by atoms with Crippen molar-refractivity contribution in [2.75, 3.05) is 31.7 Å². The Morgan fingerprint density at radius 3 is 2.71 bits per heavy atom. The fourth-order valence-corrected chi connectivity index (χ4v) is 1.47. The van der Waals surface area contributed by atoms with Crippen molar-refractivity contribution in [3.63, 3.8) is 0 Å². The predicted octanol–water partition coefficient (Wildman–Crippen LogP) is 0.684. The second-order valence-corrected chi connectivity index (χ2v) is 4.21. The molecule has 1 aromatic heterocycles. The number of aryl methyl sites for hydroxylation is 2. The fraction of sp³-hybridized carbons (Fsp3) is 0.636. The van der Waals surface area contributed by atoms with E-state index >= 15 is 0 Å². The van der Waals surface area contributed by atoms with E-state index in [4.69, 9.17) is 5.73 Å². The van der Waals surface area contributed by atoms with Crippen LogP contribution in [0.15, 0.2) is 0 Å². The Hall–Kier alpha value is -1.72. The molecular weight excluding hydrogens is 218 g/mol. The number of hydrogen-bond acceptors (Lipinski definition) is 4. The van der Waals surface area contributed by atoms with Gasteiger partial charge in [-0.05, 0) is 13.3 Å². The van der Waals surface area contributed by atoms with Gasteiger partial charge >= 0.3 is 0 Å². The molecule has 0 aliphatic rings. The minimum Gasteiger partial charge on any atom is -0.394 e. The number of hydrogen-bond donors (Lipinski definition) is 2. The Bertz CT molecular complexity index is 397. The first kappa shape index (κ1) is 13.3. The summed E-state index contributed by atoms with van der Waals surface area (Å²) < 4.78 is 1.81. The SMILES string of the molecule is CCCn1nc(C)c(N)c1NCC(=O)N(C)C. The van der Waals surface area contributed by atoms with Crippen LogP contribution in [0.3, 0.4) is 0 Å². The molecule has 1 rings (SSSR count). The summed E-state index contributed by atoms with van der Waals surface area (Å²) in [6.07, 6.45) is 0.969. The molecule has 0 atom stereocenters. The molecule has 1 heterocycles. The lowest BCUT2D eigenvalue weighted by molar-refractivity contribution is -0.126. The van der Waals surface area contributed by atoms with Gasteiger partial charge in [0.1, 0.15) is 5.82 Å². The van der Waals surface area contributed by atoms with Crippen LogP contribution in [0, 0.1) is 6.92 Å². The standard InChI is InChI=1S/C11H21N5O/c1-5-6-16-11(10(12)8(2)14-16)13-7-9(17)15(3)4/h13H,5-7,12H2,1-4H3. The van der Waals surface area contributed by atoms with E-state index in [1.165, 1.54) is 4.90 Å². The average Bonchev–Trinajstić information content (AvgIpc) is 2.52. The molecule has 3 N–H and O–H groups in total. The van der Waals surface area contributed by atoms with E-state index in [9.17, 15) is 4.79 Å². The van der Waals surface area contributed by atoms with Crippen molar-refractivity contribution in [1.82, 2.24) is 14.7 Å². The summed E-state index contributed by atoms with van der Waals surface area (Å²) in [5.41, 5.74) is 7.33. The van der Waals surface area contributed by atoms with Crippen molar-refractivity contribution < 1.29 is 4.79 Å². The number of carbonyl (C=O) groups excluding carboxylic acids is 1. The minimum absolute atomic E-state index is 0.00583. The number of nitrogens with zero attached hydrogens (tertiary/aromatic N) is 3. The zero-order valence-corrected chi connectivity index (χ0v) is 10.9. The molecule has 0 spiro atoms. The summed E-state index contributed by atoms with van der Waals surface area (Å²) in [4.78, 5) is 13.0. The van der Waals surface area contributed by atoms with Crippen LogP contribution in [0.4, 0.5) is 11.5 Å². The first-order valence-electron chi connectivity index (χ1n) is 5.74. The van der Waals surface area contributed by atoms with Crippen LogP contribution in [0.5, 0.6) is 0 Å². The number of anilines is 2. The third-order valence-corrected chi connectivity index (χ3v) is 2.52. The summed E-state index contributed by atoms with van der Waals surface area (Å²) in [5, 5.41) is 7.38. The van der Waals surface area contributed by atoms with Gasteiger partial charge in [0.25, 0.3) is 0 Å². The van der Waals surface area contributed by atoms with Crippen molar-refractivity contribution in [3.8, 4) is 0 Å². The van der Waals surface area contributed by atoms with E-state index in [0.717, 1.165) is 24.5 Å². The Morgan fingerprint density at radius 2 is 2.18 bits per heavy atom. The quantitative estimate of drug-likeness (QED) is 0.792. The molecule has 17 heavy (non-hydrogen) atoms. The van der Waals surface area contributed by atoms with E-state index in [1.807, 2.05) is 11.6 Å². The lowest BCUT2D eigenvalue weighted by atomic mass is 10.4. The largest absolute Gasteiger partial charge is 0.394 e. The number of carbonyl (C=O) groups is 1. The monoisotopic (exact) mass is 239 g/mol. The fourth-order valence-electron chi connectivity index (χ4n) is 1.47. The van der Waals surface area contributed by atoms with E-state index < -0.39 is 0 Å². The lowest BCUT2D eigenvalue weighted by Gasteiger charge is -2.13. The maximum absolute atomic E-state index is 11.5. The van der Waals surface area contributed by atoms with Crippen molar-refractivity contribution in [1.29, 1.82) is 0 Å². The maximum Gasteiger partial charge on any atom is 0.241 e. The molecule has 0 fully saturated rings. The highest BCUT2D eigenvalue weighted by Gasteiger charge is 2.13. The zero-order valence-electron chi connectivity index (χ0n) is 10.9. The molecule has 0 radical (unpaired) electrons. The van der Waals surface area contributed by atoms with Gasteiger partial charge in [-0.3, -0.25) is 4.79 Å². The topological polar surface area (TPSA) is 76.2 Å². The van der Waals surface area contributed by atoms with Crippen LogP contribution in [0.1, 0.15) is 19.0 Å². The summed E-state index contributed by atoms with van der Waals surface area (Å²) in [6.45, 7) is 4.95. The van der Waals surface area contributed by atoms with Gasteiger partial charge in [-0.1, -0.05) is 6.92 Å². The molecular formula is C11H21N5O. The molecule has 1 amide bonds. The van der Waals surface area contributed by atoms with Gasteiger partial charge in [0.05, 0.1) is 17.9 Å². The summed E-state index contributed by atoms with van der Waals surface area (Å²) in [5.74, 6) is 0.742. The Balaban J connectivity index is 2.78. The average molecular weight is 239 g/mol. The van der Waals surface area contributed by atoms with Gasteiger partial charge < -0.3 is 16.0 Å². The molecule has 6 heteroatoms. The third-order valence-electron chi connectivity index (χ3n) is 2.52. The van der Waals surface area contributed by atoms with E-state index in [2.05, 4.69) is 17.3 Å². The molecule has 0 saturated heterocycles. The van der Waals surface area contributed by atoms with Crippen LogP contribution in [-0.4, -0.2) is 41.2 Å². The van der Waals surface area contributed by atoms with Crippen LogP contribution in [0.2, 0.25) is 0 Å². The molecule has 0 aliphatic carbocycles. The van der Waals surface area contributed by atoms with Crippen LogP contribution in [0.25, 0.3) is 0 Å². The second-order valence-electron chi connectivity index (χ2n) is 4.21. The number of rotatable bonds is 5. The Morgan fingerprint density at radius 1 is 1.53 bits per heavy atom. The number of nitrogens with one attached hydrogen (secondary N) is 1. The summed E-state index contributed by atoms with van der Waals surface area (Å²) in [6, 6.07) is 0. The molecule has 0 unspecified atom stereocenters. The van der Waals surface area contributed by atoms with E-state index in [-0.39, 0.29) is 12.5 Å². The molecule has 0 aromatic carbocycles. The number of nitrogens with two attached hydrogens (primary N) is 1. The lowest BCUT2D eigenvalue weighted by Crippen LogP contribution is -2.29. The maximum atomic E-state index is 11.5. The summed E-state index contributed by atoms with van der Waals surface area (Å²) in [7, 11) is 3.45. The first-order valence-corrected chi connectivity index (χ1v) is 5.74. The highest BCUT2D eigenvalue weighted by molar-refractivity contribution is 5.81. The molecule has 96 valence electrons. The molecule has 1 aromatic rings. The van der Waals surface area contributed by atoms with Crippen molar-refractivity contribution in [3.05, 3.63) is 5.69 Å². The molecule has 0 bridgehead atoms. The van der Waals surface area contributed by atoms with Crippen molar-refractivity contribution in [2.45, 2.75) is 26.8 Å². The number of likely N-dealkylation sites (N-methyl/N-ethyl adjacent to an activating group) is 1. The smallest absolute Gasteiger partial charge is 0.241 e. The van der Waals surface area contributed by atoms with Gasteiger partial charge in [-0.25, -0.2) is 4.68 Å². The van der Waals surface area contributed by atoms with E-state index in [0.29, 0.717) is 5.69 Å². The highest BCUT2D eigenvalue weighted by Crippen LogP contribution is 2.22. The highest BCUT2D eigenvalue weighted by atomic mass is 16.2. The zero-order chi connectivity index (χ0) is 13.0. The number of amides is 1. The summed E-state index contributed by atoms with van der Waals surface area (Å²) >= 11 is 0. The third kappa shape index (κ3) is 3.12. The van der Waals surface area contributed by atoms with Crippen molar-refractivity contribution >= 4 is 17.4 Å².